The molecule has 0 aromatic heterocycles. The van der Waals surface area contributed by atoms with E-state index in [-0.39, 0.29) is 0 Å². The van der Waals surface area contributed by atoms with Crippen molar-refractivity contribution in [2.45, 2.75) is 40.5 Å². The quantitative estimate of drug-likeness (QED) is 0.565. The molecule has 0 amide bonds. The number of allylic oxidation sites excluding steroid dienone is 2. The first-order chi connectivity index (χ1) is 5.53. The molecule has 68 valence electrons. The monoisotopic (exact) mass is 165 g/mol. The van der Waals surface area contributed by atoms with E-state index in [9.17, 15) is 0 Å². The molecular formula is C11H19N. The maximum atomic E-state index is 4.47. The van der Waals surface area contributed by atoms with E-state index >= 15 is 0 Å². The number of hydrogen-bond acceptors (Lipinski definition) is 1. The highest BCUT2D eigenvalue weighted by atomic mass is 14.7. The van der Waals surface area contributed by atoms with Gasteiger partial charge in [0.2, 0.25) is 0 Å². The van der Waals surface area contributed by atoms with Crippen LogP contribution in [0.3, 0.4) is 0 Å². The summed E-state index contributed by atoms with van der Waals surface area (Å²) in [5.74, 6) is 0. The average Bonchev–Trinajstić information content (AvgIpc) is 1.82. The Morgan fingerprint density at radius 1 is 1.42 bits per heavy atom. The van der Waals surface area contributed by atoms with Gasteiger partial charge in [-0.05, 0) is 38.2 Å². The summed E-state index contributed by atoms with van der Waals surface area (Å²) in [4.78, 5) is 4.47. The van der Waals surface area contributed by atoms with Crippen molar-refractivity contribution in [3.63, 3.8) is 0 Å². The van der Waals surface area contributed by atoms with Crippen LogP contribution in [-0.4, -0.2) is 12.3 Å². The topological polar surface area (TPSA) is 12.4 Å². The highest BCUT2D eigenvalue weighted by molar-refractivity contribution is 5.96. The predicted molar refractivity (Wildman–Crippen MR) is 54.7 cm³/mol. The van der Waals surface area contributed by atoms with Gasteiger partial charge in [0.05, 0.1) is 0 Å². The standard InChI is InChI=1S/C11H19N/c1-5-12-10-6-9(2)7-11(3,4)8-10/h6H,5,7-8H2,1-4H3. The molecule has 0 aliphatic heterocycles. The van der Waals surface area contributed by atoms with E-state index in [0.717, 1.165) is 13.0 Å². The third-order valence-electron chi connectivity index (χ3n) is 2.19. The molecule has 1 rings (SSSR count). The molecule has 0 saturated heterocycles. The van der Waals surface area contributed by atoms with Crippen molar-refractivity contribution < 1.29 is 0 Å². The highest BCUT2D eigenvalue weighted by Gasteiger charge is 2.24. The Morgan fingerprint density at radius 3 is 2.58 bits per heavy atom. The van der Waals surface area contributed by atoms with Gasteiger partial charge in [0, 0.05) is 12.3 Å². The summed E-state index contributed by atoms with van der Waals surface area (Å²) < 4.78 is 0. The first kappa shape index (κ1) is 9.50. The van der Waals surface area contributed by atoms with E-state index in [4.69, 9.17) is 0 Å². The van der Waals surface area contributed by atoms with E-state index in [0.29, 0.717) is 5.41 Å². The third kappa shape index (κ3) is 2.47. The first-order valence-corrected chi connectivity index (χ1v) is 4.74. The molecule has 0 N–H and O–H groups in total. The molecule has 0 aromatic carbocycles. The molecule has 0 saturated carbocycles. The second-order valence-corrected chi connectivity index (χ2v) is 4.47. The van der Waals surface area contributed by atoms with Gasteiger partial charge in [-0.3, -0.25) is 4.99 Å². The molecule has 0 radical (unpaired) electrons. The molecule has 0 unspecified atom stereocenters. The van der Waals surface area contributed by atoms with Crippen molar-refractivity contribution in [3.05, 3.63) is 11.6 Å². The molecule has 0 fully saturated rings. The van der Waals surface area contributed by atoms with Crippen molar-refractivity contribution in [2.24, 2.45) is 10.4 Å². The predicted octanol–water partition coefficient (Wildman–Crippen LogP) is 3.21. The molecule has 1 nitrogen and oxygen atoms in total. The summed E-state index contributed by atoms with van der Waals surface area (Å²) in [6.45, 7) is 9.84. The Morgan fingerprint density at radius 2 is 2.08 bits per heavy atom. The molecule has 0 atom stereocenters. The largest absolute Gasteiger partial charge is 0.290 e. The molecule has 1 heteroatoms. The number of hydrogen-bond donors (Lipinski definition) is 0. The van der Waals surface area contributed by atoms with Crippen molar-refractivity contribution in [1.29, 1.82) is 0 Å². The van der Waals surface area contributed by atoms with Gasteiger partial charge in [0.1, 0.15) is 0 Å². The van der Waals surface area contributed by atoms with E-state index in [2.05, 4.69) is 38.8 Å². The smallest absolute Gasteiger partial charge is 0.0364 e. The van der Waals surface area contributed by atoms with E-state index in [1.54, 1.807) is 0 Å². The van der Waals surface area contributed by atoms with Crippen LogP contribution in [0.1, 0.15) is 40.5 Å². The maximum Gasteiger partial charge on any atom is 0.0364 e. The summed E-state index contributed by atoms with van der Waals surface area (Å²) >= 11 is 0. The van der Waals surface area contributed by atoms with Crippen LogP contribution < -0.4 is 0 Å². The van der Waals surface area contributed by atoms with Gasteiger partial charge in [-0.1, -0.05) is 19.4 Å². The maximum absolute atomic E-state index is 4.47. The minimum absolute atomic E-state index is 0.423. The third-order valence-corrected chi connectivity index (χ3v) is 2.19. The van der Waals surface area contributed by atoms with Crippen molar-refractivity contribution >= 4 is 5.71 Å². The SMILES string of the molecule is CCN=C1C=C(C)CC(C)(C)C1. The van der Waals surface area contributed by atoms with E-state index < -0.39 is 0 Å². The van der Waals surface area contributed by atoms with Crippen molar-refractivity contribution in [1.82, 2.24) is 0 Å². The molecular weight excluding hydrogens is 146 g/mol. The van der Waals surface area contributed by atoms with E-state index in [1.807, 2.05) is 0 Å². The Labute approximate surface area is 75.6 Å². The van der Waals surface area contributed by atoms with Gasteiger partial charge < -0.3 is 0 Å². The van der Waals surface area contributed by atoms with Gasteiger partial charge in [-0.15, -0.1) is 0 Å². The number of aliphatic imine (C=N–C) groups is 1. The Hall–Kier alpha value is -0.590. The highest BCUT2D eigenvalue weighted by Crippen LogP contribution is 2.33. The fraction of sp³-hybridized carbons (Fsp3) is 0.727. The van der Waals surface area contributed by atoms with E-state index in [1.165, 1.54) is 17.7 Å². The molecule has 0 bridgehead atoms. The van der Waals surface area contributed by atoms with Gasteiger partial charge in [0.15, 0.2) is 0 Å². The lowest BCUT2D eigenvalue weighted by Gasteiger charge is -2.29. The fourth-order valence-corrected chi connectivity index (χ4v) is 2.00. The van der Waals surface area contributed by atoms with Crippen LogP contribution in [-0.2, 0) is 0 Å². The van der Waals surface area contributed by atoms with Crippen LogP contribution in [0, 0.1) is 5.41 Å². The first-order valence-electron chi connectivity index (χ1n) is 4.74. The lowest BCUT2D eigenvalue weighted by atomic mass is 9.77. The van der Waals surface area contributed by atoms with Gasteiger partial charge in [-0.25, -0.2) is 0 Å². The molecule has 1 aliphatic carbocycles. The molecule has 0 spiro atoms. The van der Waals surface area contributed by atoms with Crippen LogP contribution in [0.2, 0.25) is 0 Å². The zero-order chi connectivity index (χ0) is 9.19. The lowest BCUT2D eigenvalue weighted by molar-refractivity contribution is 0.373. The summed E-state index contributed by atoms with van der Waals surface area (Å²) in [5.41, 5.74) is 3.18. The van der Waals surface area contributed by atoms with Crippen LogP contribution >= 0.6 is 0 Å². The zero-order valence-corrected chi connectivity index (χ0v) is 8.65. The molecule has 1 aliphatic rings. The summed E-state index contributed by atoms with van der Waals surface area (Å²) in [6, 6.07) is 0. The van der Waals surface area contributed by atoms with Crippen LogP contribution in [0.25, 0.3) is 0 Å². The fourth-order valence-electron chi connectivity index (χ4n) is 2.00. The normalized spacial score (nSPS) is 25.7. The number of rotatable bonds is 1. The summed E-state index contributed by atoms with van der Waals surface area (Å²) in [5, 5.41) is 0. The molecule has 0 heterocycles. The minimum Gasteiger partial charge on any atom is -0.290 e. The summed E-state index contributed by atoms with van der Waals surface area (Å²) in [6.07, 6.45) is 4.60. The Balaban J connectivity index is 2.81. The van der Waals surface area contributed by atoms with Gasteiger partial charge >= 0.3 is 0 Å². The van der Waals surface area contributed by atoms with Crippen LogP contribution in [0.15, 0.2) is 16.6 Å². The lowest BCUT2D eigenvalue weighted by Crippen LogP contribution is -2.21. The second kappa shape index (κ2) is 3.42. The summed E-state index contributed by atoms with van der Waals surface area (Å²) in [7, 11) is 0. The average molecular weight is 165 g/mol. The zero-order valence-electron chi connectivity index (χ0n) is 8.65. The van der Waals surface area contributed by atoms with Crippen molar-refractivity contribution in [3.8, 4) is 0 Å². The van der Waals surface area contributed by atoms with Crippen LogP contribution in [0.4, 0.5) is 0 Å². The van der Waals surface area contributed by atoms with Crippen molar-refractivity contribution in [2.75, 3.05) is 6.54 Å². The number of nitrogens with zero attached hydrogens (tertiary/aromatic N) is 1. The second-order valence-electron chi connectivity index (χ2n) is 4.47. The Kier molecular flexibility index (Phi) is 2.71. The minimum atomic E-state index is 0.423. The van der Waals surface area contributed by atoms with Gasteiger partial charge in [0.25, 0.3) is 0 Å². The van der Waals surface area contributed by atoms with Gasteiger partial charge in [-0.2, -0.15) is 0 Å². The van der Waals surface area contributed by atoms with Crippen LogP contribution in [0.5, 0.6) is 0 Å². The Bertz CT molecular complexity index is 221. The molecule has 0 aromatic rings. The molecule has 12 heavy (non-hydrogen) atoms.